The molecule has 0 aromatic carbocycles. The van der Waals surface area contributed by atoms with E-state index >= 15 is 0 Å². The Morgan fingerprint density at radius 1 is 1.45 bits per heavy atom. The predicted molar refractivity (Wildman–Crippen MR) is 43.1 cm³/mol. The third-order valence-corrected chi connectivity index (χ3v) is 4.03. The highest BCUT2D eigenvalue weighted by atomic mass is 16.2. The normalized spacial score (nSPS) is 46.1. The third kappa shape index (κ3) is 0.569. The quantitative estimate of drug-likeness (QED) is 0.558. The van der Waals surface area contributed by atoms with E-state index in [-0.39, 0.29) is 16.7 Å². The number of carbonyl (C=O) groups excluding carboxylic acids is 1. The van der Waals surface area contributed by atoms with Crippen LogP contribution in [-0.4, -0.2) is 11.9 Å². The number of rotatable bonds is 0. The van der Waals surface area contributed by atoms with Gasteiger partial charge in [0.25, 0.3) is 0 Å². The summed E-state index contributed by atoms with van der Waals surface area (Å²) in [6.45, 7) is 6.49. The van der Waals surface area contributed by atoms with Gasteiger partial charge in [-0.25, -0.2) is 0 Å². The van der Waals surface area contributed by atoms with Gasteiger partial charge in [-0.15, -0.1) is 0 Å². The first-order chi connectivity index (χ1) is 4.98. The van der Waals surface area contributed by atoms with Crippen molar-refractivity contribution in [2.45, 2.75) is 39.7 Å². The highest BCUT2D eigenvalue weighted by Crippen LogP contribution is 2.56. The van der Waals surface area contributed by atoms with E-state index in [1.54, 1.807) is 0 Å². The Hall–Kier alpha value is -0.530. The molecule has 1 saturated heterocycles. The van der Waals surface area contributed by atoms with Crippen LogP contribution in [0.5, 0.6) is 0 Å². The Morgan fingerprint density at radius 3 is 2.27 bits per heavy atom. The fourth-order valence-electron chi connectivity index (χ4n) is 2.48. The van der Waals surface area contributed by atoms with E-state index in [0.29, 0.717) is 6.04 Å². The van der Waals surface area contributed by atoms with E-state index < -0.39 is 0 Å². The lowest BCUT2D eigenvalue weighted by Gasteiger charge is -2.30. The van der Waals surface area contributed by atoms with Crippen LogP contribution in [0, 0.1) is 10.8 Å². The Morgan fingerprint density at radius 2 is 2.09 bits per heavy atom. The van der Waals surface area contributed by atoms with Gasteiger partial charge >= 0.3 is 0 Å². The minimum atomic E-state index is -0.0856. The maximum atomic E-state index is 11.5. The van der Waals surface area contributed by atoms with Crippen molar-refractivity contribution < 1.29 is 4.79 Å². The Labute approximate surface area is 67.4 Å². The van der Waals surface area contributed by atoms with Gasteiger partial charge < -0.3 is 5.32 Å². The zero-order valence-corrected chi connectivity index (χ0v) is 7.40. The van der Waals surface area contributed by atoms with Crippen LogP contribution in [0.3, 0.4) is 0 Å². The summed E-state index contributed by atoms with van der Waals surface area (Å²) in [5.41, 5.74) is 0.0851. The van der Waals surface area contributed by atoms with Gasteiger partial charge in [0.1, 0.15) is 0 Å². The highest BCUT2D eigenvalue weighted by molar-refractivity contribution is 5.87. The molecular formula is C9H15NO. The van der Waals surface area contributed by atoms with Gasteiger partial charge in [0, 0.05) is 6.04 Å². The molecular weight excluding hydrogens is 138 g/mol. The minimum Gasteiger partial charge on any atom is -0.352 e. The lowest BCUT2D eigenvalue weighted by atomic mass is 9.70. The van der Waals surface area contributed by atoms with Gasteiger partial charge in [0.15, 0.2) is 0 Å². The number of carbonyl (C=O) groups is 1. The number of nitrogens with one attached hydrogen (secondary N) is 1. The summed E-state index contributed by atoms with van der Waals surface area (Å²) >= 11 is 0. The lowest BCUT2D eigenvalue weighted by Crippen LogP contribution is -2.35. The van der Waals surface area contributed by atoms with Crippen LogP contribution >= 0.6 is 0 Å². The van der Waals surface area contributed by atoms with E-state index in [1.165, 1.54) is 0 Å². The van der Waals surface area contributed by atoms with Crippen molar-refractivity contribution in [1.29, 1.82) is 0 Å². The molecule has 62 valence electrons. The average Bonchev–Trinajstić information content (AvgIpc) is 2.20. The molecule has 1 aliphatic carbocycles. The molecule has 1 heterocycles. The van der Waals surface area contributed by atoms with Crippen LogP contribution in [0.2, 0.25) is 0 Å². The maximum absolute atomic E-state index is 11.5. The summed E-state index contributed by atoms with van der Waals surface area (Å²) in [4.78, 5) is 11.5. The Balaban J connectivity index is 2.47. The van der Waals surface area contributed by atoms with E-state index in [0.717, 1.165) is 12.8 Å². The van der Waals surface area contributed by atoms with E-state index in [9.17, 15) is 4.79 Å². The lowest BCUT2D eigenvalue weighted by molar-refractivity contribution is -0.130. The molecule has 0 spiro atoms. The topological polar surface area (TPSA) is 29.1 Å². The molecule has 1 saturated carbocycles. The van der Waals surface area contributed by atoms with Gasteiger partial charge in [0.2, 0.25) is 5.91 Å². The van der Waals surface area contributed by atoms with Gasteiger partial charge in [0.05, 0.1) is 5.41 Å². The molecule has 2 rings (SSSR count). The summed E-state index contributed by atoms with van der Waals surface area (Å²) < 4.78 is 0. The number of hydrogen-bond donors (Lipinski definition) is 1. The van der Waals surface area contributed by atoms with Gasteiger partial charge in [-0.05, 0) is 18.3 Å². The van der Waals surface area contributed by atoms with Crippen LogP contribution in [0.25, 0.3) is 0 Å². The zero-order valence-electron chi connectivity index (χ0n) is 7.40. The fourth-order valence-corrected chi connectivity index (χ4v) is 2.48. The molecule has 2 heteroatoms. The number of fused-ring (bicyclic) bond motifs is 2. The second-order valence-electron chi connectivity index (χ2n) is 4.62. The largest absolute Gasteiger partial charge is 0.352 e. The van der Waals surface area contributed by atoms with Crippen LogP contribution in [0.4, 0.5) is 0 Å². The number of amides is 1. The van der Waals surface area contributed by atoms with Crippen molar-refractivity contribution in [1.82, 2.24) is 5.32 Å². The third-order valence-electron chi connectivity index (χ3n) is 4.03. The molecule has 1 amide bonds. The van der Waals surface area contributed by atoms with Crippen LogP contribution in [0.15, 0.2) is 0 Å². The predicted octanol–water partition coefficient (Wildman–Crippen LogP) is 1.31. The SMILES string of the molecule is CC12CC[C@@H](NC1=O)C2(C)C. The summed E-state index contributed by atoms with van der Waals surface area (Å²) in [6.07, 6.45) is 2.23. The smallest absolute Gasteiger partial charge is 0.226 e. The zero-order chi connectivity index (χ0) is 8.28. The van der Waals surface area contributed by atoms with Crippen molar-refractivity contribution in [3.8, 4) is 0 Å². The van der Waals surface area contributed by atoms with Gasteiger partial charge in [-0.3, -0.25) is 4.79 Å². The standard InChI is InChI=1S/C9H15NO/c1-8(2)6-4-5-9(8,3)7(11)10-6/h6H,4-5H2,1-3H3,(H,10,11)/t6-,9?/m1/s1. The summed E-state index contributed by atoms with van der Waals surface area (Å²) in [5.74, 6) is 0.263. The molecule has 1 unspecified atom stereocenters. The first-order valence-corrected chi connectivity index (χ1v) is 4.29. The van der Waals surface area contributed by atoms with Crippen LogP contribution in [-0.2, 0) is 4.79 Å². The second kappa shape index (κ2) is 1.62. The average molecular weight is 153 g/mol. The van der Waals surface area contributed by atoms with Crippen LogP contribution < -0.4 is 5.32 Å². The molecule has 2 bridgehead atoms. The van der Waals surface area contributed by atoms with Crippen molar-refractivity contribution in [2.24, 2.45) is 10.8 Å². The molecule has 2 aliphatic rings. The first kappa shape index (κ1) is 7.14. The van der Waals surface area contributed by atoms with Crippen molar-refractivity contribution in [3.63, 3.8) is 0 Å². The van der Waals surface area contributed by atoms with Crippen molar-refractivity contribution >= 4 is 5.91 Å². The molecule has 1 N–H and O–H groups in total. The molecule has 0 radical (unpaired) electrons. The maximum Gasteiger partial charge on any atom is 0.226 e. The molecule has 2 fully saturated rings. The molecule has 0 aromatic heterocycles. The summed E-state index contributed by atoms with van der Waals surface area (Å²) in [6, 6.07) is 0.431. The van der Waals surface area contributed by atoms with E-state index in [2.05, 4.69) is 26.1 Å². The molecule has 11 heavy (non-hydrogen) atoms. The molecule has 2 nitrogen and oxygen atoms in total. The van der Waals surface area contributed by atoms with Crippen molar-refractivity contribution in [3.05, 3.63) is 0 Å². The molecule has 1 aliphatic heterocycles. The monoisotopic (exact) mass is 153 g/mol. The van der Waals surface area contributed by atoms with Crippen LogP contribution in [0.1, 0.15) is 33.6 Å². The Kier molecular flexibility index (Phi) is 1.05. The molecule has 0 aromatic rings. The number of piperidine rings is 1. The van der Waals surface area contributed by atoms with E-state index in [1.807, 2.05) is 0 Å². The summed E-state index contributed by atoms with van der Waals surface area (Å²) in [7, 11) is 0. The summed E-state index contributed by atoms with van der Waals surface area (Å²) in [5, 5.41) is 3.05. The molecule has 2 atom stereocenters. The highest BCUT2D eigenvalue weighted by Gasteiger charge is 2.61. The fraction of sp³-hybridized carbons (Fsp3) is 0.889. The van der Waals surface area contributed by atoms with E-state index in [4.69, 9.17) is 0 Å². The second-order valence-corrected chi connectivity index (χ2v) is 4.62. The first-order valence-electron chi connectivity index (χ1n) is 4.29. The minimum absolute atomic E-state index is 0.0856. The Bertz CT molecular complexity index is 222. The van der Waals surface area contributed by atoms with Gasteiger partial charge in [-0.1, -0.05) is 20.8 Å². The number of hydrogen-bond acceptors (Lipinski definition) is 1. The van der Waals surface area contributed by atoms with Crippen molar-refractivity contribution in [2.75, 3.05) is 0 Å². The van der Waals surface area contributed by atoms with Gasteiger partial charge in [-0.2, -0.15) is 0 Å².